The first kappa shape index (κ1) is 13.1. The highest BCUT2D eigenvalue weighted by Crippen LogP contribution is 2.44. The van der Waals surface area contributed by atoms with Gasteiger partial charge in [0.1, 0.15) is 0 Å². The Morgan fingerprint density at radius 1 is 0.600 bits per heavy atom. The molecular formula is C15H30. The van der Waals surface area contributed by atoms with E-state index in [4.69, 9.17) is 0 Å². The largest absolute Gasteiger partial charge is 0.0599 e. The van der Waals surface area contributed by atoms with Crippen LogP contribution in [0, 0.1) is 22.7 Å². The van der Waals surface area contributed by atoms with Gasteiger partial charge in [-0.3, -0.25) is 0 Å². The fourth-order valence-electron chi connectivity index (χ4n) is 2.22. The molecule has 0 radical (unpaired) electrons. The molecule has 0 aliphatic heterocycles. The van der Waals surface area contributed by atoms with E-state index in [1.54, 1.807) is 0 Å². The smallest absolute Gasteiger partial charge is 0.0354 e. The summed E-state index contributed by atoms with van der Waals surface area (Å²) in [6.07, 6.45) is 7.38. The minimum atomic E-state index is 0.595. The first-order valence-electron chi connectivity index (χ1n) is 6.71. The lowest BCUT2D eigenvalue weighted by Crippen LogP contribution is -2.26. The third-order valence-corrected chi connectivity index (χ3v) is 4.13. The van der Waals surface area contributed by atoms with Crippen molar-refractivity contribution in [3.8, 4) is 0 Å². The van der Waals surface area contributed by atoms with Gasteiger partial charge in [-0.1, -0.05) is 48.0 Å². The van der Waals surface area contributed by atoms with E-state index in [1.165, 1.54) is 32.1 Å². The molecule has 0 bridgehead atoms. The van der Waals surface area contributed by atoms with Crippen LogP contribution < -0.4 is 0 Å². The minimum absolute atomic E-state index is 0.595. The first-order chi connectivity index (χ1) is 6.71. The van der Waals surface area contributed by atoms with Crippen molar-refractivity contribution in [2.24, 2.45) is 22.7 Å². The van der Waals surface area contributed by atoms with Gasteiger partial charge in [-0.25, -0.2) is 0 Å². The maximum absolute atomic E-state index is 2.34. The lowest BCUT2D eigenvalue weighted by molar-refractivity contribution is 0.141. The molecule has 0 aromatic heterocycles. The molecule has 0 aromatic carbocycles. The summed E-state index contributed by atoms with van der Waals surface area (Å²) in [4.78, 5) is 0. The van der Waals surface area contributed by atoms with Crippen molar-refractivity contribution in [1.29, 1.82) is 0 Å². The summed E-state index contributed by atoms with van der Waals surface area (Å²) in [6, 6.07) is 0. The van der Waals surface area contributed by atoms with Crippen molar-refractivity contribution in [2.45, 2.75) is 73.6 Å². The Morgan fingerprint density at radius 3 is 0.933 bits per heavy atom. The van der Waals surface area contributed by atoms with Gasteiger partial charge in [0, 0.05) is 0 Å². The minimum Gasteiger partial charge on any atom is -0.0599 e. The molecule has 0 saturated heterocycles. The molecule has 2 aliphatic rings. The van der Waals surface area contributed by atoms with Crippen LogP contribution in [0.1, 0.15) is 73.6 Å². The molecule has 0 aromatic rings. The third-order valence-electron chi connectivity index (χ3n) is 4.13. The molecule has 0 atom stereocenters. The summed E-state index contributed by atoms with van der Waals surface area (Å²) in [5.41, 5.74) is 1.21. The van der Waals surface area contributed by atoms with Gasteiger partial charge in [-0.15, -0.1) is 0 Å². The average molecular weight is 210 g/mol. The molecule has 2 fully saturated rings. The Kier molecular flexibility index (Phi) is 3.90. The third kappa shape index (κ3) is 4.57. The Hall–Kier alpha value is 0. The van der Waals surface area contributed by atoms with Crippen LogP contribution in [0.2, 0.25) is 0 Å². The van der Waals surface area contributed by atoms with Gasteiger partial charge in [-0.2, -0.15) is 0 Å². The normalized spacial score (nSPS) is 22.8. The van der Waals surface area contributed by atoms with Crippen molar-refractivity contribution in [2.75, 3.05) is 0 Å². The molecule has 0 unspecified atom stereocenters. The quantitative estimate of drug-likeness (QED) is 0.510. The van der Waals surface area contributed by atoms with E-state index in [1.807, 2.05) is 0 Å². The molecule has 0 heteroatoms. The van der Waals surface area contributed by atoms with Crippen molar-refractivity contribution in [3.05, 3.63) is 0 Å². The van der Waals surface area contributed by atoms with E-state index in [0.29, 0.717) is 10.8 Å². The summed E-state index contributed by atoms with van der Waals surface area (Å²) in [5, 5.41) is 0. The van der Waals surface area contributed by atoms with Crippen LogP contribution in [0.3, 0.4) is 0 Å². The van der Waals surface area contributed by atoms with E-state index in [2.05, 4.69) is 41.5 Å². The van der Waals surface area contributed by atoms with Gasteiger partial charge in [0.15, 0.2) is 0 Å². The molecule has 0 heterocycles. The summed E-state index contributed by atoms with van der Waals surface area (Å²) < 4.78 is 0. The number of hydrogen-bond acceptors (Lipinski definition) is 0. The molecule has 2 saturated carbocycles. The van der Waals surface area contributed by atoms with Crippen LogP contribution in [0.5, 0.6) is 0 Å². The van der Waals surface area contributed by atoms with Crippen LogP contribution in [-0.2, 0) is 0 Å². The van der Waals surface area contributed by atoms with E-state index in [-0.39, 0.29) is 0 Å². The zero-order valence-electron chi connectivity index (χ0n) is 11.7. The summed E-state index contributed by atoms with van der Waals surface area (Å²) in [6.45, 7) is 14.0. The van der Waals surface area contributed by atoms with Gasteiger partial charge in [0.05, 0.1) is 0 Å². The molecule has 0 N–H and O–H groups in total. The monoisotopic (exact) mass is 210 g/mol. The average Bonchev–Trinajstić information content (AvgIpc) is 2.53. The Bertz CT molecular complexity index is 181. The maximum atomic E-state index is 2.34. The van der Waals surface area contributed by atoms with Crippen LogP contribution in [-0.4, -0.2) is 0 Å². The van der Waals surface area contributed by atoms with Crippen molar-refractivity contribution in [3.63, 3.8) is 0 Å². The van der Waals surface area contributed by atoms with Gasteiger partial charge in [-0.05, 0) is 48.3 Å². The lowest BCUT2D eigenvalue weighted by atomic mass is 9.69. The maximum Gasteiger partial charge on any atom is -0.0354 e. The molecule has 0 nitrogen and oxygen atoms in total. The first-order valence-corrected chi connectivity index (χ1v) is 6.71. The summed E-state index contributed by atoms with van der Waals surface area (Å²) in [7, 11) is 0. The molecule has 2 rings (SSSR count). The highest BCUT2D eigenvalue weighted by molar-refractivity contribution is 4.84. The number of rotatable bonds is 0. The van der Waals surface area contributed by atoms with Gasteiger partial charge < -0.3 is 0 Å². The van der Waals surface area contributed by atoms with E-state index < -0.39 is 0 Å². The fraction of sp³-hybridized carbons (Fsp3) is 1.00. The van der Waals surface area contributed by atoms with E-state index in [0.717, 1.165) is 11.8 Å². The fourth-order valence-corrected chi connectivity index (χ4v) is 2.22. The topological polar surface area (TPSA) is 0 Å². The van der Waals surface area contributed by atoms with Crippen LogP contribution in [0.15, 0.2) is 0 Å². The standard InChI is InChI=1S/C8H16.C7H14/c1-8(2,3)7-5-4-6-7;1-7(2,3)6-4-5-6/h7H,4-6H2,1-3H3;6H,4-5H2,1-3H3. The van der Waals surface area contributed by atoms with Gasteiger partial charge in [0.2, 0.25) is 0 Å². The van der Waals surface area contributed by atoms with Crippen molar-refractivity contribution >= 4 is 0 Å². The second-order valence-corrected chi connectivity index (χ2v) is 7.63. The highest BCUT2D eigenvalue weighted by Gasteiger charge is 2.33. The van der Waals surface area contributed by atoms with E-state index >= 15 is 0 Å². The zero-order valence-corrected chi connectivity index (χ0v) is 11.7. The SMILES string of the molecule is CC(C)(C)C1CC1.CC(C)(C)C1CCC1. The lowest BCUT2D eigenvalue weighted by Gasteiger charge is -2.37. The Morgan fingerprint density at radius 2 is 0.933 bits per heavy atom. The van der Waals surface area contributed by atoms with Crippen molar-refractivity contribution < 1.29 is 0 Å². The number of hydrogen-bond donors (Lipinski definition) is 0. The van der Waals surface area contributed by atoms with Crippen LogP contribution >= 0.6 is 0 Å². The summed E-state index contributed by atoms with van der Waals surface area (Å²) in [5.74, 6) is 2.08. The van der Waals surface area contributed by atoms with Gasteiger partial charge >= 0.3 is 0 Å². The molecule has 0 amide bonds. The van der Waals surface area contributed by atoms with Crippen molar-refractivity contribution in [1.82, 2.24) is 0 Å². The second kappa shape index (κ2) is 4.47. The van der Waals surface area contributed by atoms with Crippen LogP contribution in [0.4, 0.5) is 0 Å². The Labute approximate surface area is 96.8 Å². The highest BCUT2D eigenvalue weighted by atomic mass is 14.4. The molecule has 0 spiro atoms. The second-order valence-electron chi connectivity index (χ2n) is 7.63. The molecule has 15 heavy (non-hydrogen) atoms. The molecule has 2 aliphatic carbocycles. The van der Waals surface area contributed by atoms with Gasteiger partial charge in [0.25, 0.3) is 0 Å². The predicted molar refractivity (Wildman–Crippen MR) is 69.0 cm³/mol. The zero-order chi connectivity index (χ0) is 11.7. The summed E-state index contributed by atoms with van der Waals surface area (Å²) >= 11 is 0. The van der Waals surface area contributed by atoms with Crippen LogP contribution in [0.25, 0.3) is 0 Å². The molecule has 90 valence electrons. The molecular weight excluding hydrogens is 180 g/mol. The van der Waals surface area contributed by atoms with E-state index in [9.17, 15) is 0 Å². The predicted octanol–water partition coefficient (Wildman–Crippen LogP) is 5.28. The Balaban J connectivity index is 0.000000151.